The maximum atomic E-state index is 13.2. The number of amides is 3. The maximum Gasteiger partial charge on any atom is 0.328 e. The number of fused-ring (bicyclic) bond motifs is 1. The fourth-order valence-electron chi connectivity index (χ4n) is 4.30. The number of hydrogen-bond acceptors (Lipinski definition) is 9. The van der Waals surface area contributed by atoms with Crippen LogP contribution in [0.5, 0.6) is 5.75 Å². The van der Waals surface area contributed by atoms with Crippen LogP contribution < -0.4 is 15.0 Å². The second kappa shape index (κ2) is 12.0. The molecule has 0 atom stereocenters. The highest BCUT2D eigenvalue weighted by Crippen LogP contribution is 2.29. The summed E-state index contributed by atoms with van der Waals surface area (Å²) in [5.41, 5.74) is 2.02. The van der Waals surface area contributed by atoms with E-state index in [9.17, 15) is 19.6 Å². The molecule has 4 heterocycles. The van der Waals surface area contributed by atoms with Crippen molar-refractivity contribution >= 4 is 41.6 Å². The minimum absolute atomic E-state index is 0.0102. The van der Waals surface area contributed by atoms with Crippen molar-refractivity contribution in [3.63, 3.8) is 0 Å². The minimum Gasteiger partial charge on any atom is -0.491 e. The quantitative estimate of drug-likeness (QED) is 0.408. The summed E-state index contributed by atoms with van der Waals surface area (Å²) < 4.78 is 5.68. The summed E-state index contributed by atoms with van der Waals surface area (Å²) in [6.45, 7) is 2.85. The molecule has 4 rings (SSSR count). The SMILES string of the molecule is CSCCOc1cc(NC(=O)N2CCCc3cc(CN4CCN(C)CC4=O)c(C=O)nc32)ncc1C#N. The molecule has 0 aliphatic carbocycles. The van der Waals surface area contributed by atoms with Crippen LogP contribution >= 0.6 is 11.8 Å². The van der Waals surface area contributed by atoms with Crippen molar-refractivity contribution in [3.05, 3.63) is 40.7 Å². The molecule has 2 aliphatic rings. The molecule has 37 heavy (non-hydrogen) atoms. The Labute approximate surface area is 219 Å². The third-order valence-corrected chi connectivity index (χ3v) is 6.84. The first kappa shape index (κ1) is 26.4. The lowest BCUT2D eigenvalue weighted by molar-refractivity contribution is -0.136. The van der Waals surface area contributed by atoms with Crippen molar-refractivity contribution in [2.24, 2.45) is 0 Å². The molecule has 0 saturated carbocycles. The first-order valence-corrected chi connectivity index (χ1v) is 13.4. The van der Waals surface area contributed by atoms with E-state index in [1.165, 1.54) is 17.2 Å². The zero-order chi connectivity index (χ0) is 26.4. The van der Waals surface area contributed by atoms with Crippen LogP contribution in [-0.4, -0.2) is 89.8 Å². The Hall–Kier alpha value is -3.69. The van der Waals surface area contributed by atoms with Gasteiger partial charge >= 0.3 is 6.03 Å². The number of urea groups is 1. The number of hydrogen-bond donors (Lipinski definition) is 1. The number of nitrogens with zero attached hydrogens (tertiary/aromatic N) is 6. The van der Waals surface area contributed by atoms with E-state index in [1.807, 2.05) is 30.3 Å². The molecule has 2 aromatic rings. The lowest BCUT2D eigenvalue weighted by Crippen LogP contribution is -2.48. The summed E-state index contributed by atoms with van der Waals surface area (Å²) in [4.78, 5) is 51.5. The van der Waals surface area contributed by atoms with Crippen LogP contribution in [0.25, 0.3) is 0 Å². The molecule has 1 fully saturated rings. The van der Waals surface area contributed by atoms with Gasteiger partial charge in [0.1, 0.15) is 34.7 Å². The fraction of sp³-hybridized carbons (Fsp3) is 0.440. The Bertz CT molecular complexity index is 1230. The van der Waals surface area contributed by atoms with Gasteiger partial charge in [0.25, 0.3) is 0 Å². The van der Waals surface area contributed by atoms with Gasteiger partial charge in [0.15, 0.2) is 6.29 Å². The number of likely N-dealkylation sites (N-methyl/N-ethyl adjacent to an activating group) is 1. The Morgan fingerprint density at radius 3 is 2.89 bits per heavy atom. The number of ether oxygens (including phenoxy) is 1. The van der Waals surface area contributed by atoms with Crippen LogP contribution in [0.4, 0.5) is 16.4 Å². The molecule has 11 nitrogen and oxygen atoms in total. The van der Waals surface area contributed by atoms with Gasteiger partial charge in [-0.1, -0.05) is 0 Å². The number of thioether (sulfide) groups is 1. The molecule has 2 aliphatic heterocycles. The third-order valence-electron chi connectivity index (χ3n) is 6.27. The molecule has 0 unspecified atom stereocenters. The van der Waals surface area contributed by atoms with Crippen molar-refractivity contribution in [1.29, 1.82) is 5.26 Å². The molecule has 0 bridgehead atoms. The van der Waals surface area contributed by atoms with Crippen molar-refractivity contribution in [2.75, 3.05) is 62.1 Å². The van der Waals surface area contributed by atoms with Crippen molar-refractivity contribution in [3.8, 4) is 11.8 Å². The van der Waals surface area contributed by atoms with Gasteiger partial charge in [-0.2, -0.15) is 17.0 Å². The zero-order valence-electron chi connectivity index (χ0n) is 20.9. The fourth-order valence-corrected chi connectivity index (χ4v) is 4.55. The number of anilines is 2. The van der Waals surface area contributed by atoms with E-state index in [2.05, 4.69) is 15.3 Å². The van der Waals surface area contributed by atoms with Crippen molar-refractivity contribution in [2.45, 2.75) is 19.4 Å². The predicted molar refractivity (Wildman–Crippen MR) is 140 cm³/mol. The van der Waals surface area contributed by atoms with Gasteiger partial charge in [0, 0.05) is 43.6 Å². The first-order valence-electron chi connectivity index (χ1n) is 12.0. The second-order valence-electron chi connectivity index (χ2n) is 8.89. The molecule has 1 saturated heterocycles. The normalized spacial score (nSPS) is 15.6. The van der Waals surface area contributed by atoms with Gasteiger partial charge in [0.05, 0.1) is 19.3 Å². The molecule has 0 spiro atoms. The summed E-state index contributed by atoms with van der Waals surface area (Å²) in [5.74, 6) is 1.79. The number of nitriles is 1. The monoisotopic (exact) mass is 523 g/mol. The van der Waals surface area contributed by atoms with E-state index in [0.717, 1.165) is 24.3 Å². The van der Waals surface area contributed by atoms with Gasteiger partial charge in [-0.25, -0.2) is 14.8 Å². The summed E-state index contributed by atoms with van der Waals surface area (Å²) in [6.07, 6.45) is 5.42. The molecular formula is C25H29N7O4S. The van der Waals surface area contributed by atoms with E-state index < -0.39 is 6.03 Å². The van der Waals surface area contributed by atoms with E-state index in [-0.39, 0.29) is 23.0 Å². The highest BCUT2D eigenvalue weighted by Gasteiger charge is 2.28. The molecule has 0 aromatic carbocycles. The van der Waals surface area contributed by atoms with Crippen molar-refractivity contribution < 1.29 is 19.1 Å². The average Bonchev–Trinajstić information content (AvgIpc) is 2.89. The van der Waals surface area contributed by atoms with Crippen LogP contribution in [0.2, 0.25) is 0 Å². The Morgan fingerprint density at radius 1 is 1.32 bits per heavy atom. The number of rotatable bonds is 8. The standard InChI is InChI=1S/C25H29N7O4S/c1-30-6-7-31(23(34)15-30)14-18-10-17-4-3-5-32(24(17)28-20(18)16-33)25(35)29-22-11-21(36-8-9-37-2)19(12-26)13-27-22/h10-11,13,16H,3-9,14-15H2,1-2H3,(H,27,29,35). The number of aromatic nitrogens is 2. The number of piperazine rings is 1. The molecule has 2 aromatic heterocycles. The molecule has 1 N–H and O–H groups in total. The van der Waals surface area contributed by atoms with Gasteiger partial charge in [-0.3, -0.25) is 24.7 Å². The largest absolute Gasteiger partial charge is 0.491 e. The number of pyridine rings is 2. The van der Waals surface area contributed by atoms with Gasteiger partial charge < -0.3 is 9.64 Å². The summed E-state index contributed by atoms with van der Waals surface area (Å²) in [6, 6.07) is 5.01. The molecular weight excluding hydrogens is 494 g/mol. The first-order chi connectivity index (χ1) is 17.9. The van der Waals surface area contributed by atoms with Crippen molar-refractivity contribution in [1.82, 2.24) is 19.8 Å². The summed E-state index contributed by atoms with van der Waals surface area (Å²) in [5, 5.41) is 12.1. The second-order valence-corrected chi connectivity index (χ2v) is 9.88. The lowest BCUT2D eigenvalue weighted by atomic mass is 10.0. The number of aryl methyl sites for hydroxylation is 1. The number of nitrogens with one attached hydrogen (secondary N) is 1. The Kier molecular flexibility index (Phi) is 8.58. The van der Waals surface area contributed by atoms with Crippen LogP contribution in [0.3, 0.4) is 0 Å². The van der Waals surface area contributed by atoms with Crippen LogP contribution in [-0.2, 0) is 17.8 Å². The molecule has 0 radical (unpaired) electrons. The summed E-state index contributed by atoms with van der Waals surface area (Å²) >= 11 is 1.62. The maximum absolute atomic E-state index is 13.2. The van der Waals surface area contributed by atoms with Gasteiger partial charge in [-0.15, -0.1) is 0 Å². The van der Waals surface area contributed by atoms with Crippen LogP contribution in [0.15, 0.2) is 18.3 Å². The number of aldehydes is 1. The van der Waals surface area contributed by atoms with E-state index in [4.69, 9.17) is 4.74 Å². The lowest BCUT2D eigenvalue weighted by Gasteiger charge is -2.33. The Balaban J connectivity index is 1.53. The highest BCUT2D eigenvalue weighted by molar-refractivity contribution is 7.98. The average molecular weight is 524 g/mol. The summed E-state index contributed by atoms with van der Waals surface area (Å²) in [7, 11) is 1.90. The topological polar surface area (TPSA) is 132 Å². The number of carbonyl (C=O) groups excluding carboxylic acids is 3. The van der Waals surface area contributed by atoms with E-state index in [1.54, 1.807) is 16.7 Å². The Morgan fingerprint density at radius 2 is 2.16 bits per heavy atom. The zero-order valence-corrected chi connectivity index (χ0v) is 21.7. The molecule has 12 heteroatoms. The predicted octanol–water partition coefficient (Wildman–Crippen LogP) is 2.16. The van der Waals surface area contributed by atoms with Gasteiger partial charge in [-0.05, 0) is 37.8 Å². The van der Waals surface area contributed by atoms with Crippen LogP contribution in [0, 0.1) is 11.3 Å². The highest BCUT2D eigenvalue weighted by atomic mass is 32.2. The number of carbonyl (C=O) groups is 3. The third kappa shape index (κ3) is 6.18. The minimum atomic E-state index is -0.445. The molecule has 3 amide bonds. The van der Waals surface area contributed by atoms with Crippen LogP contribution in [0.1, 0.15) is 33.6 Å². The van der Waals surface area contributed by atoms with E-state index >= 15 is 0 Å². The van der Waals surface area contributed by atoms with E-state index in [0.29, 0.717) is 62.6 Å². The molecule has 194 valence electrons. The van der Waals surface area contributed by atoms with Gasteiger partial charge in [0.2, 0.25) is 5.91 Å². The smallest absolute Gasteiger partial charge is 0.328 e.